The minimum atomic E-state index is -0.820. The van der Waals surface area contributed by atoms with Crippen LogP contribution < -0.4 is 0 Å². The van der Waals surface area contributed by atoms with Gasteiger partial charge in [0, 0.05) is 6.04 Å². The molecular weight excluding hydrogens is 214 g/mol. The van der Waals surface area contributed by atoms with Crippen molar-refractivity contribution in [2.24, 2.45) is 0 Å². The summed E-state index contributed by atoms with van der Waals surface area (Å²) < 4.78 is 0. The second-order valence-corrected chi connectivity index (χ2v) is 5.07. The van der Waals surface area contributed by atoms with Crippen molar-refractivity contribution in [3.05, 3.63) is 34.9 Å². The van der Waals surface area contributed by atoms with E-state index >= 15 is 0 Å². The van der Waals surface area contributed by atoms with Crippen LogP contribution in [0, 0.1) is 0 Å². The molecule has 90 valence electrons. The van der Waals surface area contributed by atoms with Gasteiger partial charge in [-0.2, -0.15) is 0 Å². The summed E-state index contributed by atoms with van der Waals surface area (Å²) in [5.41, 5.74) is 3.01. The molecule has 1 aromatic rings. The molecule has 1 heterocycles. The first kappa shape index (κ1) is 10.8. The predicted octanol–water partition coefficient (Wildman–Crippen LogP) is 1.95. The molecule has 1 atom stereocenters. The van der Waals surface area contributed by atoms with Gasteiger partial charge in [-0.3, -0.25) is 4.90 Å². The van der Waals surface area contributed by atoms with E-state index < -0.39 is 5.97 Å². The van der Waals surface area contributed by atoms with E-state index in [0.29, 0.717) is 11.6 Å². The fraction of sp³-hybridized carbons (Fsp3) is 0.500. The zero-order valence-corrected chi connectivity index (χ0v) is 9.85. The molecule has 1 unspecified atom stereocenters. The van der Waals surface area contributed by atoms with Gasteiger partial charge >= 0.3 is 5.97 Å². The molecule has 2 aliphatic rings. The summed E-state index contributed by atoms with van der Waals surface area (Å²) in [6.45, 7) is 2.44. The highest BCUT2D eigenvalue weighted by Crippen LogP contribution is 2.27. The van der Waals surface area contributed by atoms with Crippen LogP contribution in [-0.2, 0) is 12.8 Å². The lowest BCUT2D eigenvalue weighted by molar-refractivity contribution is 0.0696. The zero-order valence-electron chi connectivity index (χ0n) is 9.85. The Morgan fingerprint density at radius 3 is 2.76 bits per heavy atom. The lowest BCUT2D eigenvalue weighted by atomic mass is 9.85. The van der Waals surface area contributed by atoms with E-state index in [-0.39, 0.29) is 0 Å². The van der Waals surface area contributed by atoms with Crippen LogP contribution in [0.5, 0.6) is 0 Å². The molecule has 3 heteroatoms. The molecular formula is C14H17NO2. The average Bonchev–Trinajstić information content (AvgIpc) is 2.25. The van der Waals surface area contributed by atoms with Crippen LogP contribution in [0.15, 0.2) is 18.2 Å². The molecule has 3 nitrogen and oxygen atoms in total. The number of fused-ring (bicyclic) bond motifs is 1. The monoisotopic (exact) mass is 231 g/mol. The molecule has 1 fully saturated rings. The number of carboxylic acids is 1. The molecule has 0 saturated carbocycles. The van der Waals surface area contributed by atoms with Crippen molar-refractivity contribution in [2.45, 2.75) is 31.7 Å². The number of hydrogen-bond acceptors (Lipinski definition) is 2. The smallest absolute Gasteiger partial charge is 0.335 e. The van der Waals surface area contributed by atoms with Gasteiger partial charge < -0.3 is 5.11 Å². The molecule has 1 saturated heterocycles. The highest BCUT2D eigenvalue weighted by atomic mass is 16.4. The van der Waals surface area contributed by atoms with Gasteiger partial charge in [0.1, 0.15) is 0 Å². The fourth-order valence-electron chi connectivity index (χ4n) is 2.89. The van der Waals surface area contributed by atoms with Crippen LogP contribution in [0.2, 0.25) is 0 Å². The van der Waals surface area contributed by atoms with E-state index in [2.05, 4.69) is 4.90 Å². The van der Waals surface area contributed by atoms with Gasteiger partial charge in [0.05, 0.1) is 5.56 Å². The molecule has 0 bridgehead atoms. The second kappa shape index (κ2) is 4.15. The Morgan fingerprint density at radius 2 is 2.12 bits per heavy atom. The zero-order chi connectivity index (χ0) is 11.8. The molecule has 3 rings (SSSR count). The minimum absolute atomic E-state index is 0.424. The highest BCUT2D eigenvalue weighted by Gasteiger charge is 2.27. The predicted molar refractivity (Wildman–Crippen MR) is 65.4 cm³/mol. The number of benzene rings is 1. The number of aromatic carboxylic acids is 1. The summed E-state index contributed by atoms with van der Waals surface area (Å²) in [5.74, 6) is -0.820. The summed E-state index contributed by atoms with van der Waals surface area (Å²) in [6, 6.07) is 6.22. The van der Waals surface area contributed by atoms with Gasteiger partial charge in [-0.05, 0) is 62.0 Å². The van der Waals surface area contributed by atoms with Crippen LogP contribution in [0.1, 0.15) is 34.3 Å². The maximum atomic E-state index is 11.0. The van der Waals surface area contributed by atoms with Crippen molar-refractivity contribution >= 4 is 5.97 Å². The van der Waals surface area contributed by atoms with Crippen molar-refractivity contribution in [2.75, 3.05) is 13.1 Å². The van der Waals surface area contributed by atoms with Gasteiger partial charge in [-0.1, -0.05) is 6.07 Å². The first-order valence-corrected chi connectivity index (χ1v) is 6.33. The normalized spacial score (nSPS) is 23.9. The molecule has 0 aromatic heterocycles. The molecule has 17 heavy (non-hydrogen) atoms. The minimum Gasteiger partial charge on any atom is -0.478 e. The number of aryl methyl sites for hydroxylation is 1. The van der Waals surface area contributed by atoms with Gasteiger partial charge in [0.15, 0.2) is 0 Å². The van der Waals surface area contributed by atoms with Crippen LogP contribution in [0.4, 0.5) is 0 Å². The summed E-state index contributed by atoms with van der Waals surface area (Å²) in [5, 5.41) is 9.01. The third-order valence-corrected chi connectivity index (χ3v) is 4.06. The van der Waals surface area contributed by atoms with Crippen molar-refractivity contribution in [1.29, 1.82) is 0 Å². The van der Waals surface area contributed by atoms with E-state index in [4.69, 9.17) is 5.11 Å². The Balaban J connectivity index is 1.83. The maximum Gasteiger partial charge on any atom is 0.335 e. The number of carboxylic acid groups (broad SMARTS) is 1. The SMILES string of the molecule is O=C(O)c1ccc2c(c1)CC(N1CCC1)CC2. The third-order valence-electron chi connectivity index (χ3n) is 4.06. The number of hydrogen-bond donors (Lipinski definition) is 1. The summed E-state index contributed by atoms with van der Waals surface area (Å²) in [4.78, 5) is 13.5. The number of likely N-dealkylation sites (tertiary alicyclic amines) is 1. The van der Waals surface area contributed by atoms with Gasteiger partial charge in [-0.15, -0.1) is 0 Å². The molecule has 1 aliphatic carbocycles. The number of carbonyl (C=O) groups is 1. The van der Waals surface area contributed by atoms with Crippen molar-refractivity contribution in [3.8, 4) is 0 Å². The van der Waals surface area contributed by atoms with Crippen molar-refractivity contribution in [1.82, 2.24) is 4.90 Å². The molecule has 0 amide bonds. The summed E-state index contributed by atoms with van der Waals surface area (Å²) in [6.07, 6.45) is 4.66. The maximum absolute atomic E-state index is 11.0. The Bertz CT molecular complexity index is 452. The first-order chi connectivity index (χ1) is 8.24. The average molecular weight is 231 g/mol. The Kier molecular flexibility index (Phi) is 2.63. The van der Waals surface area contributed by atoms with E-state index in [0.717, 1.165) is 12.8 Å². The topological polar surface area (TPSA) is 40.5 Å². The number of nitrogens with zero attached hydrogens (tertiary/aromatic N) is 1. The first-order valence-electron chi connectivity index (χ1n) is 6.33. The highest BCUT2D eigenvalue weighted by molar-refractivity contribution is 5.87. The van der Waals surface area contributed by atoms with Crippen molar-refractivity contribution in [3.63, 3.8) is 0 Å². The molecule has 1 N–H and O–H groups in total. The van der Waals surface area contributed by atoms with E-state index in [9.17, 15) is 4.79 Å². The van der Waals surface area contributed by atoms with Crippen LogP contribution in [0.25, 0.3) is 0 Å². The third kappa shape index (κ3) is 1.95. The Morgan fingerprint density at radius 1 is 1.29 bits per heavy atom. The Labute approximate surface area is 101 Å². The van der Waals surface area contributed by atoms with Crippen LogP contribution in [0.3, 0.4) is 0 Å². The van der Waals surface area contributed by atoms with Gasteiger partial charge in [-0.25, -0.2) is 4.79 Å². The lowest BCUT2D eigenvalue weighted by Crippen LogP contribution is -2.47. The van der Waals surface area contributed by atoms with Gasteiger partial charge in [0.25, 0.3) is 0 Å². The number of rotatable bonds is 2. The largest absolute Gasteiger partial charge is 0.478 e. The van der Waals surface area contributed by atoms with E-state index in [1.807, 2.05) is 12.1 Å². The van der Waals surface area contributed by atoms with Crippen molar-refractivity contribution < 1.29 is 9.90 Å². The molecule has 1 aromatic carbocycles. The quantitative estimate of drug-likeness (QED) is 0.845. The van der Waals surface area contributed by atoms with Crippen LogP contribution in [-0.4, -0.2) is 35.1 Å². The molecule has 0 spiro atoms. The second-order valence-electron chi connectivity index (χ2n) is 5.07. The van der Waals surface area contributed by atoms with E-state index in [1.165, 1.54) is 37.1 Å². The molecule has 0 radical (unpaired) electrons. The van der Waals surface area contributed by atoms with Crippen LogP contribution >= 0.6 is 0 Å². The molecule has 1 aliphatic heterocycles. The van der Waals surface area contributed by atoms with E-state index in [1.54, 1.807) is 6.07 Å². The lowest BCUT2D eigenvalue weighted by Gasteiger charge is -2.40. The summed E-state index contributed by atoms with van der Waals surface area (Å²) >= 11 is 0. The van der Waals surface area contributed by atoms with Gasteiger partial charge in [0.2, 0.25) is 0 Å². The standard InChI is InChI=1S/C14H17NO2/c16-14(17)11-3-2-10-4-5-13(9-12(10)8-11)15-6-1-7-15/h2-3,8,13H,1,4-7,9H2,(H,16,17). The fourth-order valence-corrected chi connectivity index (χ4v) is 2.89. The summed E-state index contributed by atoms with van der Waals surface area (Å²) in [7, 11) is 0. The Hall–Kier alpha value is -1.35.